The van der Waals surface area contributed by atoms with Crippen LogP contribution in [-0.4, -0.2) is 42.2 Å². The van der Waals surface area contributed by atoms with Crippen LogP contribution in [0.4, 0.5) is 0 Å². The molecule has 0 radical (unpaired) electrons. The second kappa shape index (κ2) is 5.31. The van der Waals surface area contributed by atoms with Gasteiger partial charge in [-0.25, -0.2) is 18.2 Å². The Kier molecular flexibility index (Phi) is 4.31. The largest absolute Gasteiger partial charge is 0.477 e. The molecular weight excluding hydrogens is 250 g/mol. The van der Waals surface area contributed by atoms with Gasteiger partial charge >= 0.3 is 5.97 Å². The Bertz CT molecular complexity index is 484. The molecular formula is C9H11NO4S2. The summed E-state index contributed by atoms with van der Waals surface area (Å²) in [6, 6.07) is 4.63. The third-order valence-electron chi connectivity index (χ3n) is 1.65. The van der Waals surface area contributed by atoms with Crippen LogP contribution in [0.2, 0.25) is 0 Å². The van der Waals surface area contributed by atoms with Gasteiger partial charge in [0, 0.05) is 12.0 Å². The fourth-order valence-electron chi connectivity index (χ4n) is 0.912. The molecule has 1 aromatic heterocycles. The molecule has 0 aromatic carbocycles. The number of sulfone groups is 1. The molecule has 1 aromatic rings. The Hall–Kier alpha value is -1.08. The summed E-state index contributed by atoms with van der Waals surface area (Å²) in [5.74, 6) is -0.670. The normalized spacial score (nSPS) is 11.3. The average Bonchev–Trinajstić information content (AvgIpc) is 2.16. The molecule has 0 aliphatic rings. The number of rotatable bonds is 5. The zero-order valence-electron chi connectivity index (χ0n) is 8.58. The third-order valence-corrected chi connectivity index (χ3v) is 3.78. The van der Waals surface area contributed by atoms with Crippen molar-refractivity contribution in [3.8, 4) is 0 Å². The van der Waals surface area contributed by atoms with Crippen LogP contribution in [0.1, 0.15) is 10.5 Å². The van der Waals surface area contributed by atoms with Crippen molar-refractivity contribution in [2.24, 2.45) is 0 Å². The third kappa shape index (κ3) is 4.63. The lowest BCUT2D eigenvalue weighted by atomic mass is 10.4. The highest BCUT2D eigenvalue weighted by Crippen LogP contribution is 2.15. The molecule has 0 fully saturated rings. The molecule has 0 saturated heterocycles. The summed E-state index contributed by atoms with van der Waals surface area (Å²) in [7, 11) is -2.99. The van der Waals surface area contributed by atoms with Gasteiger partial charge in [0.1, 0.15) is 15.5 Å². The summed E-state index contributed by atoms with van der Waals surface area (Å²) in [4.78, 5) is 14.5. The Labute approximate surface area is 97.8 Å². The lowest BCUT2D eigenvalue weighted by molar-refractivity contribution is 0.0689. The van der Waals surface area contributed by atoms with Crippen LogP contribution in [-0.2, 0) is 9.84 Å². The van der Waals surface area contributed by atoms with Crippen molar-refractivity contribution in [3.63, 3.8) is 0 Å². The minimum atomic E-state index is -2.99. The van der Waals surface area contributed by atoms with Gasteiger partial charge in [0.2, 0.25) is 0 Å². The van der Waals surface area contributed by atoms with Gasteiger partial charge in [-0.15, -0.1) is 11.8 Å². The maximum Gasteiger partial charge on any atom is 0.354 e. The molecule has 0 atom stereocenters. The summed E-state index contributed by atoms with van der Waals surface area (Å²) < 4.78 is 21.7. The highest BCUT2D eigenvalue weighted by Gasteiger charge is 2.07. The van der Waals surface area contributed by atoms with Crippen LogP contribution in [0, 0.1) is 0 Å². The van der Waals surface area contributed by atoms with Gasteiger partial charge in [-0.3, -0.25) is 0 Å². The molecule has 0 aliphatic carbocycles. The first-order valence-electron chi connectivity index (χ1n) is 4.39. The number of carboxylic acids is 1. The van der Waals surface area contributed by atoms with E-state index in [1.807, 2.05) is 0 Å². The van der Waals surface area contributed by atoms with E-state index >= 15 is 0 Å². The van der Waals surface area contributed by atoms with Gasteiger partial charge in [0.15, 0.2) is 0 Å². The Morgan fingerprint density at radius 2 is 2.19 bits per heavy atom. The van der Waals surface area contributed by atoms with E-state index in [2.05, 4.69) is 4.98 Å². The second-order valence-corrected chi connectivity index (χ2v) is 6.52. The number of aromatic nitrogens is 1. The molecule has 7 heteroatoms. The number of pyridine rings is 1. The van der Waals surface area contributed by atoms with Crippen molar-refractivity contribution in [1.82, 2.24) is 4.98 Å². The van der Waals surface area contributed by atoms with Gasteiger partial charge < -0.3 is 5.11 Å². The molecule has 1 rings (SSSR count). The molecule has 16 heavy (non-hydrogen) atoms. The van der Waals surface area contributed by atoms with E-state index in [9.17, 15) is 13.2 Å². The predicted molar refractivity (Wildman–Crippen MR) is 61.6 cm³/mol. The first-order valence-corrected chi connectivity index (χ1v) is 7.44. The van der Waals surface area contributed by atoms with E-state index in [4.69, 9.17) is 5.11 Å². The zero-order chi connectivity index (χ0) is 12.2. The van der Waals surface area contributed by atoms with Crippen molar-refractivity contribution in [3.05, 3.63) is 23.9 Å². The van der Waals surface area contributed by atoms with Crippen molar-refractivity contribution in [2.75, 3.05) is 17.8 Å². The fraction of sp³-hybridized carbons (Fsp3) is 0.333. The van der Waals surface area contributed by atoms with E-state index in [1.54, 1.807) is 12.1 Å². The Morgan fingerprint density at radius 3 is 2.75 bits per heavy atom. The number of aromatic carboxylic acids is 1. The summed E-state index contributed by atoms with van der Waals surface area (Å²) >= 11 is 1.23. The number of hydrogen-bond donors (Lipinski definition) is 1. The lowest BCUT2D eigenvalue weighted by Crippen LogP contribution is -2.05. The smallest absolute Gasteiger partial charge is 0.354 e. The van der Waals surface area contributed by atoms with Gasteiger partial charge in [0.25, 0.3) is 0 Å². The minimum absolute atomic E-state index is 0.0376. The van der Waals surface area contributed by atoms with Gasteiger partial charge in [-0.05, 0) is 12.1 Å². The topological polar surface area (TPSA) is 84.3 Å². The number of thioether (sulfide) groups is 1. The first kappa shape index (κ1) is 13.0. The highest BCUT2D eigenvalue weighted by molar-refractivity contribution is 8.00. The molecule has 1 heterocycles. The predicted octanol–water partition coefficient (Wildman–Crippen LogP) is 0.917. The van der Waals surface area contributed by atoms with Crippen LogP contribution in [0.25, 0.3) is 0 Å². The maximum absolute atomic E-state index is 10.9. The summed E-state index contributed by atoms with van der Waals surface area (Å²) in [6.07, 6.45) is 1.16. The molecule has 88 valence electrons. The Balaban J connectivity index is 2.61. The van der Waals surface area contributed by atoms with E-state index in [-0.39, 0.29) is 11.4 Å². The average molecular weight is 261 g/mol. The van der Waals surface area contributed by atoms with Gasteiger partial charge in [-0.1, -0.05) is 6.07 Å². The van der Waals surface area contributed by atoms with E-state index in [0.29, 0.717) is 10.8 Å². The van der Waals surface area contributed by atoms with Crippen molar-refractivity contribution < 1.29 is 18.3 Å². The second-order valence-electron chi connectivity index (χ2n) is 3.14. The highest BCUT2D eigenvalue weighted by atomic mass is 32.2. The van der Waals surface area contributed by atoms with Crippen molar-refractivity contribution in [2.45, 2.75) is 5.03 Å². The molecule has 0 bridgehead atoms. The molecule has 5 nitrogen and oxygen atoms in total. The van der Waals surface area contributed by atoms with Crippen LogP contribution < -0.4 is 0 Å². The molecule has 0 unspecified atom stereocenters. The molecule has 0 aliphatic heterocycles. The Morgan fingerprint density at radius 1 is 1.50 bits per heavy atom. The van der Waals surface area contributed by atoms with E-state index in [1.165, 1.54) is 17.8 Å². The van der Waals surface area contributed by atoms with Gasteiger partial charge in [0.05, 0.1) is 10.8 Å². The minimum Gasteiger partial charge on any atom is -0.477 e. The van der Waals surface area contributed by atoms with Crippen LogP contribution in [0.5, 0.6) is 0 Å². The number of hydrogen-bond acceptors (Lipinski definition) is 5. The van der Waals surface area contributed by atoms with E-state index in [0.717, 1.165) is 6.26 Å². The van der Waals surface area contributed by atoms with Crippen molar-refractivity contribution >= 4 is 27.6 Å². The fourth-order valence-corrected chi connectivity index (χ4v) is 3.00. The lowest BCUT2D eigenvalue weighted by Gasteiger charge is -2.00. The van der Waals surface area contributed by atoms with Crippen LogP contribution in [0.3, 0.4) is 0 Å². The maximum atomic E-state index is 10.9. The summed E-state index contributed by atoms with van der Waals surface area (Å²) in [5.41, 5.74) is -0.0376. The first-order chi connectivity index (χ1) is 7.38. The summed E-state index contributed by atoms with van der Waals surface area (Å²) in [6.45, 7) is 0. The van der Waals surface area contributed by atoms with E-state index < -0.39 is 15.8 Å². The molecule has 0 amide bonds. The molecule has 0 saturated carbocycles. The van der Waals surface area contributed by atoms with Crippen molar-refractivity contribution in [1.29, 1.82) is 0 Å². The molecule has 1 N–H and O–H groups in total. The van der Waals surface area contributed by atoms with Crippen LogP contribution >= 0.6 is 11.8 Å². The zero-order valence-corrected chi connectivity index (χ0v) is 10.2. The van der Waals surface area contributed by atoms with Gasteiger partial charge in [-0.2, -0.15) is 0 Å². The molecule has 0 spiro atoms. The number of carbonyl (C=O) groups is 1. The SMILES string of the molecule is CS(=O)(=O)CCSc1cccc(C(=O)O)n1. The summed E-state index contributed by atoms with van der Waals surface area (Å²) in [5, 5.41) is 9.21. The van der Waals surface area contributed by atoms with Crippen LogP contribution in [0.15, 0.2) is 23.2 Å². The monoisotopic (exact) mass is 261 g/mol. The quantitative estimate of drug-likeness (QED) is 0.793. The number of carboxylic acid groups (broad SMARTS) is 1. The number of nitrogens with zero attached hydrogens (tertiary/aromatic N) is 1. The standard InChI is InChI=1S/C9H11NO4S2/c1-16(13,14)6-5-15-8-4-2-3-7(10-8)9(11)12/h2-4H,5-6H2,1H3,(H,11,12).